The van der Waals surface area contributed by atoms with Crippen molar-refractivity contribution in [3.63, 3.8) is 0 Å². The standard InChI is InChI=1S/C10H16BrNO2/c1-8(4-6-11)5-7-12-9(13)2-3-10(12)14/h8H,2-7H2,1H3. The van der Waals surface area contributed by atoms with Gasteiger partial charge in [-0.25, -0.2) is 0 Å². The van der Waals surface area contributed by atoms with Gasteiger partial charge in [0.2, 0.25) is 11.8 Å². The molecule has 14 heavy (non-hydrogen) atoms. The Morgan fingerprint density at radius 3 is 2.36 bits per heavy atom. The van der Waals surface area contributed by atoms with Gasteiger partial charge in [0.1, 0.15) is 0 Å². The van der Waals surface area contributed by atoms with Gasteiger partial charge in [0, 0.05) is 24.7 Å². The van der Waals surface area contributed by atoms with E-state index < -0.39 is 0 Å². The molecular weight excluding hydrogens is 246 g/mol. The third-order valence-corrected chi connectivity index (χ3v) is 3.06. The van der Waals surface area contributed by atoms with E-state index in [9.17, 15) is 9.59 Å². The fourth-order valence-corrected chi connectivity index (χ4v) is 2.33. The van der Waals surface area contributed by atoms with E-state index in [0.29, 0.717) is 25.3 Å². The van der Waals surface area contributed by atoms with Crippen LogP contribution in [0.25, 0.3) is 0 Å². The van der Waals surface area contributed by atoms with Crippen molar-refractivity contribution < 1.29 is 9.59 Å². The zero-order valence-corrected chi connectivity index (χ0v) is 10.0. The number of halogens is 1. The number of alkyl halides is 1. The van der Waals surface area contributed by atoms with Crippen LogP contribution in [0.1, 0.15) is 32.6 Å². The fourth-order valence-electron chi connectivity index (χ4n) is 1.55. The zero-order chi connectivity index (χ0) is 10.6. The van der Waals surface area contributed by atoms with Gasteiger partial charge >= 0.3 is 0 Å². The lowest BCUT2D eigenvalue weighted by molar-refractivity contribution is -0.138. The number of likely N-dealkylation sites (tertiary alicyclic amines) is 1. The smallest absolute Gasteiger partial charge is 0.229 e. The van der Waals surface area contributed by atoms with Gasteiger partial charge in [-0.15, -0.1) is 0 Å². The number of nitrogens with zero attached hydrogens (tertiary/aromatic N) is 1. The van der Waals surface area contributed by atoms with E-state index in [2.05, 4.69) is 22.9 Å². The van der Waals surface area contributed by atoms with Gasteiger partial charge in [-0.05, 0) is 18.8 Å². The lowest BCUT2D eigenvalue weighted by Gasteiger charge is -2.16. The Morgan fingerprint density at radius 1 is 1.29 bits per heavy atom. The van der Waals surface area contributed by atoms with Crippen LogP contribution in [-0.4, -0.2) is 28.6 Å². The van der Waals surface area contributed by atoms with E-state index >= 15 is 0 Å². The van der Waals surface area contributed by atoms with Crippen molar-refractivity contribution in [2.24, 2.45) is 5.92 Å². The SMILES string of the molecule is CC(CCBr)CCN1C(=O)CCC1=O. The number of imide groups is 1. The Kier molecular flexibility index (Phi) is 4.58. The highest BCUT2D eigenvalue weighted by Crippen LogP contribution is 2.15. The molecule has 0 aromatic rings. The molecule has 1 fully saturated rings. The monoisotopic (exact) mass is 261 g/mol. The van der Waals surface area contributed by atoms with Gasteiger partial charge < -0.3 is 0 Å². The zero-order valence-electron chi connectivity index (χ0n) is 8.46. The summed E-state index contributed by atoms with van der Waals surface area (Å²) < 4.78 is 0. The summed E-state index contributed by atoms with van der Waals surface area (Å²) in [5.41, 5.74) is 0. The quantitative estimate of drug-likeness (QED) is 0.561. The Morgan fingerprint density at radius 2 is 1.86 bits per heavy atom. The lowest BCUT2D eigenvalue weighted by atomic mass is 10.1. The summed E-state index contributed by atoms with van der Waals surface area (Å²) in [6.07, 6.45) is 2.83. The predicted octanol–water partition coefficient (Wildman–Crippen LogP) is 1.95. The fraction of sp³-hybridized carbons (Fsp3) is 0.800. The van der Waals surface area contributed by atoms with Gasteiger partial charge in [-0.2, -0.15) is 0 Å². The van der Waals surface area contributed by atoms with Crippen LogP contribution < -0.4 is 0 Å². The van der Waals surface area contributed by atoms with E-state index in [4.69, 9.17) is 0 Å². The third kappa shape index (κ3) is 3.08. The first-order valence-corrected chi connectivity index (χ1v) is 6.16. The summed E-state index contributed by atoms with van der Waals surface area (Å²) in [5.74, 6) is 0.567. The van der Waals surface area contributed by atoms with E-state index in [1.807, 2.05) is 0 Å². The first-order valence-electron chi connectivity index (χ1n) is 5.04. The van der Waals surface area contributed by atoms with Crippen LogP contribution in [0.15, 0.2) is 0 Å². The van der Waals surface area contributed by atoms with Crippen LogP contribution in [0, 0.1) is 5.92 Å². The second-order valence-electron chi connectivity index (χ2n) is 3.81. The minimum absolute atomic E-state index is 0.000965. The molecule has 0 N–H and O–H groups in total. The van der Waals surface area contributed by atoms with E-state index in [-0.39, 0.29) is 11.8 Å². The second kappa shape index (κ2) is 5.49. The topological polar surface area (TPSA) is 37.4 Å². The number of hydrogen-bond acceptors (Lipinski definition) is 2. The van der Waals surface area contributed by atoms with Crippen LogP contribution in [0.4, 0.5) is 0 Å². The minimum atomic E-state index is 0.000965. The number of carbonyl (C=O) groups is 2. The molecule has 1 atom stereocenters. The molecule has 2 amide bonds. The molecule has 0 aromatic heterocycles. The molecule has 0 radical (unpaired) electrons. The molecule has 0 bridgehead atoms. The highest BCUT2D eigenvalue weighted by Gasteiger charge is 2.28. The maximum Gasteiger partial charge on any atom is 0.229 e. The second-order valence-corrected chi connectivity index (χ2v) is 4.60. The maximum absolute atomic E-state index is 11.3. The summed E-state index contributed by atoms with van der Waals surface area (Å²) in [6.45, 7) is 2.75. The first kappa shape index (κ1) is 11.7. The highest BCUT2D eigenvalue weighted by atomic mass is 79.9. The molecular formula is C10H16BrNO2. The average Bonchev–Trinajstić information content (AvgIpc) is 2.44. The number of carbonyl (C=O) groups excluding carboxylic acids is 2. The summed E-state index contributed by atoms with van der Waals surface area (Å²) in [6, 6.07) is 0. The normalized spacial score (nSPS) is 19.1. The molecule has 0 saturated carbocycles. The molecule has 3 nitrogen and oxygen atoms in total. The maximum atomic E-state index is 11.3. The lowest BCUT2D eigenvalue weighted by Crippen LogP contribution is -2.30. The third-order valence-electron chi connectivity index (χ3n) is 2.60. The molecule has 1 aliphatic heterocycles. The van der Waals surface area contributed by atoms with Crippen molar-refractivity contribution >= 4 is 27.7 Å². The summed E-state index contributed by atoms with van der Waals surface area (Å²) >= 11 is 3.38. The number of hydrogen-bond donors (Lipinski definition) is 0. The van der Waals surface area contributed by atoms with Crippen molar-refractivity contribution in [3.05, 3.63) is 0 Å². The molecule has 1 aliphatic rings. The van der Waals surface area contributed by atoms with Gasteiger partial charge in [-0.3, -0.25) is 14.5 Å². The molecule has 1 saturated heterocycles. The molecule has 4 heteroatoms. The largest absolute Gasteiger partial charge is 0.283 e. The first-order chi connectivity index (χ1) is 6.65. The predicted molar refractivity (Wildman–Crippen MR) is 58.1 cm³/mol. The number of rotatable bonds is 5. The minimum Gasteiger partial charge on any atom is -0.283 e. The van der Waals surface area contributed by atoms with E-state index in [1.54, 1.807) is 0 Å². The van der Waals surface area contributed by atoms with Crippen LogP contribution in [0.2, 0.25) is 0 Å². The van der Waals surface area contributed by atoms with Crippen LogP contribution in [0.3, 0.4) is 0 Å². The average molecular weight is 262 g/mol. The molecule has 1 unspecified atom stereocenters. The van der Waals surface area contributed by atoms with Gasteiger partial charge in [0.15, 0.2) is 0 Å². The van der Waals surface area contributed by atoms with Crippen LogP contribution >= 0.6 is 15.9 Å². The van der Waals surface area contributed by atoms with Crippen molar-refractivity contribution in [1.29, 1.82) is 0 Å². The van der Waals surface area contributed by atoms with E-state index in [1.165, 1.54) is 4.90 Å². The van der Waals surface area contributed by atoms with Crippen molar-refractivity contribution in [3.8, 4) is 0 Å². The van der Waals surface area contributed by atoms with E-state index in [0.717, 1.165) is 18.2 Å². The van der Waals surface area contributed by atoms with Gasteiger partial charge in [0.05, 0.1) is 0 Å². The Labute approximate surface area is 93.0 Å². The Balaban J connectivity index is 2.30. The Bertz CT molecular complexity index is 214. The van der Waals surface area contributed by atoms with Gasteiger partial charge in [0.25, 0.3) is 0 Å². The van der Waals surface area contributed by atoms with Crippen molar-refractivity contribution in [2.75, 3.05) is 11.9 Å². The molecule has 0 aliphatic carbocycles. The van der Waals surface area contributed by atoms with Crippen molar-refractivity contribution in [1.82, 2.24) is 4.90 Å². The van der Waals surface area contributed by atoms with Gasteiger partial charge in [-0.1, -0.05) is 22.9 Å². The molecule has 0 spiro atoms. The van der Waals surface area contributed by atoms with Crippen molar-refractivity contribution in [2.45, 2.75) is 32.6 Å². The molecule has 80 valence electrons. The number of amides is 2. The summed E-state index contributed by atoms with van der Waals surface area (Å²) in [7, 11) is 0. The van der Waals surface area contributed by atoms with Crippen LogP contribution in [-0.2, 0) is 9.59 Å². The highest BCUT2D eigenvalue weighted by molar-refractivity contribution is 9.09. The molecule has 1 heterocycles. The molecule has 1 rings (SSSR count). The summed E-state index contributed by atoms with van der Waals surface area (Å²) in [4.78, 5) is 23.9. The Hall–Kier alpha value is -0.380. The van der Waals surface area contributed by atoms with Crippen LogP contribution in [0.5, 0.6) is 0 Å². The molecule has 0 aromatic carbocycles. The summed E-state index contributed by atoms with van der Waals surface area (Å²) in [5, 5.41) is 0.982.